The van der Waals surface area contributed by atoms with Crippen LogP contribution in [0.4, 0.5) is 11.4 Å². The number of rotatable bonds is 7. The van der Waals surface area contributed by atoms with Crippen LogP contribution in [0, 0.1) is 13.8 Å². The minimum atomic E-state index is -0.600. The SMILES string of the molecule is Cc1cc(C)cc(NC(=O)COC(=O)CCC(=O)Nc2ccc(Br)cc2)c1. The molecule has 0 atom stereocenters. The zero-order valence-electron chi connectivity index (χ0n) is 15.2. The molecule has 0 bridgehead atoms. The molecular formula is C20H21BrN2O4. The Balaban J connectivity index is 1.69. The summed E-state index contributed by atoms with van der Waals surface area (Å²) in [5.41, 5.74) is 3.35. The van der Waals surface area contributed by atoms with Gasteiger partial charge in [0.25, 0.3) is 5.91 Å². The van der Waals surface area contributed by atoms with Crippen molar-refractivity contribution >= 4 is 45.1 Å². The number of ether oxygens (including phenoxy) is 1. The fraction of sp³-hybridized carbons (Fsp3) is 0.250. The summed E-state index contributed by atoms with van der Waals surface area (Å²) in [5, 5.41) is 5.37. The van der Waals surface area contributed by atoms with Crippen LogP contribution in [0.1, 0.15) is 24.0 Å². The van der Waals surface area contributed by atoms with E-state index in [2.05, 4.69) is 26.6 Å². The van der Waals surface area contributed by atoms with Gasteiger partial charge in [0, 0.05) is 22.3 Å². The van der Waals surface area contributed by atoms with Crippen molar-refractivity contribution in [1.82, 2.24) is 0 Å². The molecule has 2 aromatic carbocycles. The molecule has 2 rings (SSSR count). The first-order chi connectivity index (χ1) is 12.8. The van der Waals surface area contributed by atoms with Crippen LogP contribution >= 0.6 is 15.9 Å². The lowest BCUT2D eigenvalue weighted by atomic mass is 10.1. The normalized spacial score (nSPS) is 10.2. The summed E-state index contributed by atoms with van der Waals surface area (Å²) in [4.78, 5) is 35.4. The van der Waals surface area contributed by atoms with Gasteiger partial charge in [0.15, 0.2) is 6.61 Å². The van der Waals surface area contributed by atoms with Gasteiger partial charge in [0.1, 0.15) is 0 Å². The molecule has 0 fully saturated rings. The summed E-state index contributed by atoms with van der Waals surface area (Å²) >= 11 is 3.31. The molecule has 142 valence electrons. The standard InChI is InChI=1S/C20H21BrN2O4/c1-13-9-14(2)11-17(10-13)23-19(25)12-27-20(26)8-7-18(24)22-16-5-3-15(21)4-6-16/h3-6,9-11H,7-8,12H2,1-2H3,(H,22,24)(H,23,25). The lowest BCUT2D eigenvalue weighted by molar-refractivity contribution is -0.147. The largest absolute Gasteiger partial charge is 0.456 e. The molecule has 2 amide bonds. The number of hydrogen-bond acceptors (Lipinski definition) is 4. The van der Waals surface area contributed by atoms with Crippen molar-refractivity contribution in [2.24, 2.45) is 0 Å². The summed E-state index contributed by atoms with van der Waals surface area (Å²) in [6.45, 7) is 3.48. The van der Waals surface area contributed by atoms with Crippen molar-refractivity contribution in [2.75, 3.05) is 17.2 Å². The maximum Gasteiger partial charge on any atom is 0.306 e. The second-order valence-electron chi connectivity index (χ2n) is 6.14. The van der Waals surface area contributed by atoms with Crippen LogP contribution < -0.4 is 10.6 Å². The summed E-state index contributed by atoms with van der Waals surface area (Å²) in [6.07, 6.45) is -0.118. The molecule has 0 saturated heterocycles. The molecule has 2 aromatic rings. The molecule has 0 aliphatic rings. The van der Waals surface area contributed by atoms with Gasteiger partial charge in [-0.05, 0) is 61.4 Å². The van der Waals surface area contributed by atoms with E-state index >= 15 is 0 Å². The van der Waals surface area contributed by atoms with Crippen LogP contribution in [0.5, 0.6) is 0 Å². The van der Waals surface area contributed by atoms with Crippen molar-refractivity contribution in [1.29, 1.82) is 0 Å². The first kappa shape index (κ1) is 20.6. The van der Waals surface area contributed by atoms with Crippen LogP contribution in [0.2, 0.25) is 0 Å². The van der Waals surface area contributed by atoms with Gasteiger partial charge in [-0.1, -0.05) is 22.0 Å². The molecule has 0 spiro atoms. The van der Waals surface area contributed by atoms with Crippen molar-refractivity contribution in [2.45, 2.75) is 26.7 Å². The van der Waals surface area contributed by atoms with Gasteiger partial charge >= 0.3 is 5.97 Å². The molecule has 0 aromatic heterocycles. The first-order valence-electron chi connectivity index (χ1n) is 8.41. The average Bonchev–Trinajstić information content (AvgIpc) is 2.59. The number of hydrogen-bond donors (Lipinski definition) is 2. The number of carbonyl (C=O) groups is 3. The van der Waals surface area contributed by atoms with Gasteiger partial charge in [0.2, 0.25) is 5.91 Å². The highest BCUT2D eigenvalue weighted by molar-refractivity contribution is 9.10. The Morgan fingerprint density at radius 1 is 0.852 bits per heavy atom. The molecule has 6 nitrogen and oxygen atoms in total. The molecule has 0 unspecified atom stereocenters. The second kappa shape index (κ2) is 9.87. The molecule has 0 heterocycles. The Hall–Kier alpha value is -2.67. The van der Waals surface area contributed by atoms with E-state index in [0.29, 0.717) is 11.4 Å². The van der Waals surface area contributed by atoms with E-state index in [1.807, 2.05) is 32.0 Å². The van der Waals surface area contributed by atoms with E-state index in [-0.39, 0.29) is 25.4 Å². The summed E-state index contributed by atoms with van der Waals surface area (Å²) in [5.74, 6) is -1.32. The lowest BCUT2D eigenvalue weighted by Crippen LogP contribution is -2.21. The lowest BCUT2D eigenvalue weighted by Gasteiger charge is -2.08. The Kier molecular flexibility index (Phi) is 7.55. The van der Waals surface area contributed by atoms with Crippen LogP contribution in [0.15, 0.2) is 46.9 Å². The number of aryl methyl sites for hydroxylation is 2. The number of halogens is 1. The second-order valence-corrected chi connectivity index (χ2v) is 7.06. The van der Waals surface area contributed by atoms with E-state index in [1.54, 1.807) is 24.3 Å². The van der Waals surface area contributed by atoms with Crippen LogP contribution in [0.25, 0.3) is 0 Å². The van der Waals surface area contributed by atoms with E-state index in [9.17, 15) is 14.4 Å². The van der Waals surface area contributed by atoms with E-state index in [0.717, 1.165) is 15.6 Å². The highest BCUT2D eigenvalue weighted by Crippen LogP contribution is 2.15. The van der Waals surface area contributed by atoms with Crippen molar-refractivity contribution in [3.63, 3.8) is 0 Å². The Labute approximate surface area is 166 Å². The van der Waals surface area contributed by atoms with Crippen molar-refractivity contribution in [3.8, 4) is 0 Å². The number of amides is 2. The van der Waals surface area contributed by atoms with Crippen LogP contribution in [-0.4, -0.2) is 24.4 Å². The molecule has 0 aliphatic carbocycles. The smallest absolute Gasteiger partial charge is 0.306 e. The number of nitrogens with one attached hydrogen (secondary N) is 2. The van der Waals surface area contributed by atoms with Gasteiger partial charge in [-0.3, -0.25) is 14.4 Å². The quantitative estimate of drug-likeness (QED) is 0.648. The summed E-state index contributed by atoms with van der Waals surface area (Å²) in [7, 11) is 0. The molecule has 0 aliphatic heterocycles. The fourth-order valence-corrected chi connectivity index (χ4v) is 2.70. The van der Waals surface area contributed by atoms with Crippen LogP contribution in [-0.2, 0) is 19.1 Å². The maximum absolute atomic E-state index is 11.9. The Bertz CT molecular complexity index is 814. The monoisotopic (exact) mass is 432 g/mol. The summed E-state index contributed by atoms with van der Waals surface area (Å²) in [6, 6.07) is 12.8. The van der Waals surface area contributed by atoms with Crippen molar-refractivity contribution in [3.05, 3.63) is 58.1 Å². The van der Waals surface area contributed by atoms with Gasteiger partial charge in [-0.25, -0.2) is 0 Å². The van der Waals surface area contributed by atoms with E-state index < -0.39 is 11.9 Å². The predicted molar refractivity (Wildman–Crippen MR) is 108 cm³/mol. The highest BCUT2D eigenvalue weighted by atomic mass is 79.9. The van der Waals surface area contributed by atoms with Gasteiger partial charge in [0.05, 0.1) is 6.42 Å². The minimum Gasteiger partial charge on any atom is -0.456 e. The fourth-order valence-electron chi connectivity index (χ4n) is 2.43. The van der Waals surface area contributed by atoms with E-state index in [1.165, 1.54) is 0 Å². The molecule has 2 N–H and O–H groups in total. The van der Waals surface area contributed by atoms with Gasteiger partial charge < -0.3 is 15.4 Å². The van der Waals surface area contributed by atoms with Crippen molar-refractivity contribution < 1.29 is 19.1 Å². The van der Waals surface area contributed by atoms with Crippen LogP contribution in [0.3, 0.4) is 0 Å². The average molecular weight is 433 g/mol. The minimum absolute atomic E-state index is 0.0202. The third-order valence-corrected chi connectivity index (χ3v) is 4.08. The predicted octanol–water partition coefficient (Wildman–Crippen LogP) is 3.97. The Morgan fingerprint density at radius 3 is 2.07 bits per heavy atom. The molecule has 27 heavy (non-hydrogen) atoms. The maximum atomic E-state index is 11.9. The molecule has 7 heteroatoms. The number of esters is 1. The number of benzene rings is 2. The molecular weight excluding hydrogens is 412 g/mol. The first-order valence-corrected chi connectivity index (χ1v) is 9.20. The molecule has 0 saturated carbocycles. The number of anilines is 2. The highest BCUT2D eigenvalue weighted by Gasteiger charge is 2.11. The Morgan fingerprint density at radius 2 is 1.44 bits per heavy atom. The van der Waals surface area contributed by atoms with E-state index in [4.69, 9.17) is 4.74 Å². The third kappa shape index (κ3) is 7.62. The zero-order chi connectivity index (χ0) is 19.8. The van der Waals surface area contributed by atoms with Gasteiger partial charge in [-0.15, -0.1) is 0 Å². The third-order valence-electron chi connectivity index (χ3n) is 3.55. The summed E-state index contributed by atoms with van der Waals surface area (Å²) < 4.78 is 5.82. The zero-order valence-corrected chi connectivity index (χ0v) is 16.8. The topological polar surface area (TPSA) is 84.5 Å². The molecule has 0 radical (unpaired) electrons. The number of carbonyl (C=O) groups excluding carboxylic acids is 3. The van der Waals surface area contributed by atoms with Gasteiger partial charge in [-0.2, -0.15) is 0 Å².